The first-order chi connectivity index (χ1) is 11.4. The van der Waals surface area contributed by atoms with E-state index in [1.54, 1.807) is 29.0 Å². The number of carbonyl (C=O) groups excluding carboxylic acids is 1. The number of benzene rings is 1. The minimum atomic E-state index is -3.82. The summed E-state index contributed by atoms with van der Waals surface area (Å²) in [6.07, 6.45) is 2.26. The predicted molar refractivity (Wildman–Crippen MR) is 90.2 cm³/mol. The van der Waals surface area contributed by atoms with Crippen LogP contribution < -0.4 is 21.3 Å². The molecule has 0 spiro atoms. The summed E-state index contributed by atoms with van der Waals surface area (Å²) in [6.45, 7) is 0.850. The van der Waals surface area contributed by atoms with Gasteiger partial charge in [-0.1, -0.05) is 12.1 Å². The van der Waals surface area contributed by atoms with Crippen LogP contribution in [0.3, 0.4) is 0 Å². The topological polar surface area (TPSA) is 123 Å². The number of sulfonamides is 1. The Kier molecular flexibility index (Phi) is 5.72. The molecule has 0 unspecified atom stereocenters. The number of hydrogen-bond donors (Lipinski definition) is 3. The molecular weight excluding hydrogens is 332 g/mol. The van der Waals surface area contributed by atoms with E-state index >= 15 is 0 Å². The zero-order valence-electron chi connectivity index (χ0n) is 12.8. The van der Waals surface area contributed by atoms with Crippen molar-refractivity contribution in [1.29, 1.82) is 0 Å². The molecule has 0 saturated carbocycles. The Morgan fingerprint density at radius 3 is 2.67 bits per heavy atom. The molecule has 2 aromatic rings. The molecular formula is C15H18N4O4S. The van der Waals surface area contributed by atoms with Crippen LogP contribution in [-0.2, 0) is 16.6 Å². The molecule has 4 N–H and O–H groups in total. The minimum absolute atomic E-state index is 0.0799. The minimum Gasteiger partial charge on any atom is -0.338 e. The van der Waals surface area contributed by atoms with Crippen molar-refractivity contribution in [2.75, 3.05) is 11.9 Å². The average Bonchev–Trinajstić information content (AvgIpc) is 2.52. The van der Waals surface area contributed by atoms with E-state index in [0.29, 0.717) is 25.2 Å². The van der Waals surface area contributed by atoms with Crippen molar-refractivity contribution >= 4 is 21.7 Å². The maximum atomic E-state index is 11.8. The molecule has 24 heavy (non-hydrogen) atoms. The lowest BCUT2D eigenvalue weighted by Gasteiger charge is -2.09. The van der Waals surface area contributed by atoms with Crippen molar-refractivity contribution in [2.45, 2.75) is 17.9 Å². The van der Waals surface area contributed by atoms with Gasteiger partial charge < -0.3 is 15.2 Å². The lowest BCUT2D eigenvalue weighted by Crippen LogP contribution is -2.30. The smallest absolute Gasteiger partial charge is 0.319 e. The van der Waals surface area contributed by atoms with Crippen molar-refractivity contribution in [1.82, 2.24) is 9.88 Å². The average molecular weight is 350 g/mol. The number of carbonyl (C=O) groups is 1. The summed E-state index contributed by atoms with van der Waals surface area (Å²) in [5.41, 5.74) is 0.222. The number of anilines is 1. The third-order valence-electron chi connectivity index (χ3n) is 3.18. The molecule has 8 nitrogen and oxygen atoms in total. The molecule has 2 rings (SSSR count). The van der Waals surface area contributed by atoms with Crippen molar-refractivity contribution in [3.63, 3.8) is 0 Å². The Morgan fingerprint density at radius 2 is 1.96 bits per heavy atom. The number of nitrogens with two attached hydrogens (primary N) is 1. The molecule has 1 heterocycles. The Bertz CT molecular complexity index is 877. The van der Waals surface area contributed by atoms with Crippen LogP contribution in [0.1, 0.15) is 6.42 Å². The van der Waals surface area contributed by atoms with Gasteiger partial charge >= 0.3 is 6.03 Å². The number of aromatic nitrogens is 1. The molecule has 0 aliphatic rings. The molecule has 1 aromatic heterocycles. The normalized spacial score (nSPS) is 11.0. The van der Waals surface area contributed by atoms with Crippen LogP contribution in [0.2, 0.25) is 0 Å². The number of primary sulfonamides is 1. The number of urea groups is 1. The van der Waals surface area contributed by atoms with E-state index in [0.717, 1.165) is 0 Å². The molecule has 128 valence electrons. The van der Waals surface area contributed by atoms with Gasteiger partial charge in [0.05, 0.1) is 4.90 Å². The first-order valence-corrected chi connectivity index (χ1v) is 8.74. The van der Waals surface area contributed by atoms with Gasteiger partial charge in [-0.25, -0.2) is 18.4 Å². The zero-order valence-corrected chi connectivity index (χ0v) is 13.6. The summed E-state index contributed by atoms with van der Waals surface area (Å²) in [5.74, 6) is 0. The van der Waals surface area contributed by atoms with Gasteiger partial charge in [0, 0.05) is 31.0 Å². The summed E-state index contributed by atoms with van der Waals surface area (Å²) >= 11 is 0. The fraction of sp³-hybridized carbons (Fsp3) is 0.200. The number of aryl methyl sites for hydroxylation is 1. The number of hydrogen-bond acceptors (Lipinski definition) is 4. The number of rotatable bonds is 6. The van der Waals surface area contributed by atoms with E-state index in [1.807, 2.05) is 0 Å². The standard InChI is InChI=1S/C15H18N4O4S/c16-24(22,23)13-6-3-5-12(11-13)18-15(21)17-8-4-10-19-9-2-1-7-14(19)20/h1-3,5-7,9,11H,4,8,10H2,(H2,16,22,23)(H2,17,18,21). The number of amides is 2. The zero-order chi connectivity index (χ0) is 17.6. The quantitative estimate of drug-likeness (QED) is 0.664. The van der Waals surface area contributed by atoms with Gasteiger partial charge in [-0.2, -0.15) is 0 Å². The van der Waals surface area contributed by atoms with E-state index in [4.69, 9.17) is 5.14 Å². The highest BCUT2D eigenvalue weighted by atomic mass is 32.2. The van der Waals surface area contributed by atoms with Crippen LogP contribution in [0.4, 0.5) is 10.5 Å². The van der Waals surface area contributed by atoms with Crippen molar-refractivity contribution < 1.29 is 13.2 Å². The fourth-order valence-electron chi connectivity index (χ4n) is 2.02. The molecule has 0 aliphatic carbocycles. The Balaban J connectivity index is 1.82. The van der Waals surface area contributed by atoms with E-state index in [-0.39, 0.29) is 10.5 Å². The maximum Gasteiger partial charge on any atom is 0.319 e. The molecule has 0 bridgehead atoms. The van der Waals surface area contributed by atoms with E-state index < -0.39 is 16.1 Å². The number of nitrogens with zero attached hydrogens (tertiary/aromatic N) is 1. The van der Waals surface area contributed by atoms with Crippen molar-refractivity contribution in [3.05, 3.63) is 59.0 Å². The van der Waals surface area contributed by atoms with Gasteiger partial charge in [0.25, 0.3) is 0 Å². The van der Waals surface area contributed by atoms with Gasteiger partial charge in [-0.05, 0) is 30.7 Å². The Hall–Kier alpha value is -2.65. The van der Waals surface area contributed by atoms with Gasteiger partial charge in [0.1, 0.15) is 0 Å². The highest BCUT2D eigenvalue weighted by Gasteiger charge is 2.09. The number of nitrogens with one attached hydrogen (secondary N) is 2. The summed E-state index contributed by atoms with van der Waals surface area (Å²) in [5, 5.41) is 10.2. The molecule has 0 fully saturated rings. The third kappa shape index (κ3) is 5.21. The summed E-state index contributed by atoms with van der Waals surface area (Å²) in [6, 6.07) is 10.1. The van der Waals surface area contributed by atoms with E-state index in [1.165, 1.54) is 24.3 Å². The second-order valence-corrected chi connectivity index (χ2v) is 6.60. The van der Waals surface area contributed by atoms with Crippen LogP contribution in [0.15, 0.2) is 58.4 Å². The summed E-state index contributed by atoms with van der Waals surface area (Å²) in [7, 11) is -3.82. The highest BCUT2D eigenvalue weighted by Crippen LogP contribution is 2.13. The van der Waals surface area contributed by atoms with Crippen LogP contribution in [-0.4, -0.2) is 25.6 Å². The van der Waals surface area contributed by atoms with Gasteiger partial charge in [-0.15, -0.1) is 0 Å². The second-order valence-electron chi connectivity index (χ2n) is 5.04. The Labute approximate surface area is 139 Å². The number of pyridine rings is 1. The summed E-state index contributed by atoms with van der Waals surface area (Å²) in [4.78, 5) is 23.2. The third-order valence-corrected chi connectivity index (χ3v) is 4.09. The predicted octanol–water partition coefficient (Wildman–Crippen LogP) is 0.707. The first-order valence-electron chi connectivity index (χ1n) is 7.19. The van der Waals surface area contributed by atoms with Crippen molar-refractivity contribution in [2.24, 2.45) is 5.14 Å². The molecule has 9 heteroatoms. The van der Waals surface area contributed by atoms with Crippen LogP contribution in [0.25, 0.3) is 0 Å². The highest BCUT2D eigenvalue weighted by molar-refractivity contribution is 7.89. The van der Waals surface area contributed by atoms with E-state index in [9.17, 15) is 18.0 Å². The largest absolute Gasteiger partial charge is 0.338 e. The van der Waals surface area contributed by atoms with Crippen molar-refractivity contribution in [3.8, 4) is 0 Å². The summed E-state index contributed by atoms with van der Waals surface area (Å²) < 4.78 is 24.1. The molecule has 0 aliphatic heterocycles. The van der Waals surface area contributed by atoms with Crippen LogP contribution in [0, 0.1) is 0 Å². The molecule has 0 atom stereocenters. The molecule has 1 aromatic carbocycles. The molecule has 0 saturated heterocycles. The molecule has 2 amide bonds. The first kappa shape index (κ1) is 17.7. The fourth-order valence-corrected chi connectivity index (χ4v) is 2.58. The SMILES string of the molecule is NS(=O)(=O)c1cccc(NC(=O)NCCCn2ccccc2=O)c1. The van der Waals surface area contributed by atoms with Crippen LogP contribution in [0.5, 0.6) is 0 Å². The second kappa shape index (κ2) is 7.75. The van der Waals surface area contributed by atoms with Gasteiger partial charge in [0.15, 0.2) is 0 Å². The van der Waals surface area contributed by atoms with Crippen LogP contribution >= 0.6 is 0 Å². The van der Waals surface area contributed by atoms with E-state index in [2.05, 4.69) is 10.6 Å². The maximum absolute atomic E-state index is 11.8. The lowest BCUT2D eigenvalue weighted by atomic mass is 10.3. The lowest BCUT2D eigenvalue weighted by molar-refractivity contribution is 0.252. The monoisotopic (exact) mass is 350 g/mol. The van der Waals surface area contributed by atoms with Gasteiger partial charge in [-0.3, -0.25) is 4.79 Å². The van der Waals surface area contributed by atoms with Gasteiger partial charge in [0.2, 0.25) is 15.6 Å². The molecule has 0 radical (unpaired) electrons. The Morgan fingerprint density at radius 1 is 1.17 bits per heavy atom.